The van der Waals surface area contributed by atoms with Gasteiger partial charge in [-0.1, -0.05) is 0 Å². The van der Waals surface area contributed by atoms with Gasteiger partial charge in [0.2, 0.25) is 5.91 Å². The quantitative estimate of drug-likeness (QED) is 0.828. The molecular formula is C14H26N2O2. The predicted molar refractivity (Wildman–Crippen MR) is 71.4 cm³/mol. The van der Waals surface area contributed by atoms with Gasteiger partial charge in [0, 0.05) is 26.7 Å². The van der Waals surface area contributed by atoms with Crippen molar-refractivity contribution in [2.24, 2.45) is 5.41 Å². The predicted octanol–water partition coefficient (Wildman–Crippen LogP) is 1.40. The molecule has 0 bridgehead atoms. The van der Waals surface area contributed by atoms with Crippen LogP contribution in [0, 0.1) is 5.41 Å². The Morgan fingerprint density at radius 1 is 1.44 bits per heavy atom. The topological polar surface area (TPSA) is 41.6 Å². The number of rotatable bonds is 3. The zero-order valence-corrected chi connectivity index (χ0v) is 11.7. The molecule has 0 aliphatic carbocycles. The van der Waals surface area contributed by atoms with Crippen LogP contribution >= 0.6 is 0 Å². The van der Waals surface area contributed by atoms with Gasteiger partial charge in [-0.15, -0.1) is 0 Å². The van der Waals surface area contributed by atoms with Crippen molar-refractivity contribution in [3.63, 3.8) is 0 Å². The normalized spacial score (nSPS) is 33.1. The fourth-order valence-electron chi connectivity index (χ4n) is 3.04. The fourth-order valence-corrected chi connectivity index (χ4v) is 3.04. The largest absolute Gasteiger partial charge is 0.376 e. The van der Waals surface area contributed by atoms with Crippen molar-refractivity contribution in [1.82, 2.24) is 10.2 Å². The lowest BCUT2D eigenvalue weighted by Crippen LogP contribution is -2.50. The molecule has 2 rings (SSSR count). The second-order valence-electron chi connectivity index (χ2n) is 6.02. The Labute approximate surface area is 110 Å². The van der Waals surface area contributed by atoms with Crippen molar-refractivity contribution >= 4 is 5.91 Å². The van der Waals surface area contributed by atoms with Crippen LogP contribution < -0.4 is 5.32 Å². The Hall–Kier alpha value is -0.610. The number of piperidine rings is 1. The van der Waals surface area contributed by atoms with Crippen LogP contribution in [0.15, 0.2) is 0 Å². The molecule has 2 aliphatic rings. The van der Waals surface area contributed by atoms with Crippen LogP contribution in [0.3, 0.4) is 0 Å². The molecule has 0 spiro atoms. The molecule has 2 fully saturated rings. The highest BCUT2D eigenvalue weighted by Gasteiger charge is 2.37. The third kappa shape index (κ3) is 3.23. The zero-order valence-electron chi connectivity index (χ0n) is 11.7. The number of hydrogen-bond acceptors (Lipinski definition) is 3. The second-order valence-corrected chi connectivity index (χ2v) is 6.02. The Morgan fingerprint density at radius 2 is 2.28 bits per heavy atom. The van der Waals surface area contributed by atoms with Gasteiger partial charge in [-0.2, -0.15) is 0 Å². The molecule has 2 unspecified atom stereocenters. The lowest BCUT2D eigenvalue weighted by atomic mass is 9.81. The first kappa shape index (κ1) is 13.8. The highest BCUT2D eigenvalue weighted by atomic mass is 16.5. The molecule has 2 atom stereocenters. The number of hydrogen-bond donors (Lipinski definition) is 1. The van der Waals surface area contributed by atoms with Gasteiger partial charge in [-0.05, 0) is 45.6 Å². The van der Waals surface area contributed by atoms with Gasteiger partial charge in [-0.3, -0.25) is 4.79 Å². The molecule has 4 nitrogen and oxygen atoms in total. The van der Waals surface area contributed by atoms with E-state index in [9.17, 15) is 4.79 Å². The van der Waals surface area contributed by atoms with Gasteiger partial charge < -0.3 is 15.0 Å². The molecule has 1 amide bonds. The number of likely N-dealkylation sites (N-methyl/N-ethyl adjacent to an activating group) is 1. The van der Waals surface area contributed by atoms with E-state index in [2.05, 4.69) is 12.2 Å². The van der Waals surface area contributed by atoms with Crippen LogP contribution in [0.4, 0.5) is 0 Å². The third-order valence-corrected chi connectivity index (χ3v) is 4.21. The Balaban J connectivity index is 1.86. The third-order valence-electron chi connectivity index (χ3n) is 4.21. The van der Waals surface area contributed by atoms with Gasteiger partial charge in [0.25, 0.3) is 0 Å². The van der Waals surface area contributed by atoms with Crippen molar-refractivity contribution in [1.29, 1.82) is 0 Å². The Morgan fingerprint density at radius 3 is 2.89 bits per heavy atom. The molecule has 18 heavy (non-hydrogen) atoms. The van der Waals surface area contributed by atoms with Gasteiger partial charge in [0.1, 0.15) is 0 Å². The highest BCUT2D eigenvalue weighted by molar-refractivity contribution is 5.82. The summed E-state index contributed by atoms with van der Waals surface area (Å²) in [4.78, 5) is 14.4. The van der Waals surface area contributed by atoms with E-state index >= 15 is 0 Å². The molecule has 4 heteroatoms. The summed E-state index contributed by atoms with van der Waals surface area (Å²) in [6, 6.07) is 0. The van der Waals surface area contributed by atoms with Crippen LogP contribution in [0.5, 0.6) is 0 Å². The van der Waals surface area contributed by atoms with Gasteiger partial charge >= 0.3 is 0 Å². The van der Waals surface area contributed by atoms with Crippen LogP contribution in [0.2, 0.25) is 0 Å². The molecular weight excluding hydrogens is 228 g/mol. The summed E-state index contributed by atoms with van der Waals surface area (Å²) in [5.41, 5.74) is -0.221. The van der Waals surface area contributed by atoms with Crippen LogP contribution in [-0.4, -0.2) is 50.2 Å². The Kier molecular flexibility index (Phi) is 4.62. The smallest absolute Gasteiger partial charge is 0.229 e. The maximum absolute atomic E-state index is 12.5. The van der Waals surface area contributed by atoms with Gasteiger partial charge in [-0.25, -0.2) is 0 Å². The summed E-state index contributed by atoms with van der Waals surface area (Å²) >= 11 is 0. The SMILES string of the molecule is CN(CC1CCCCO1)C(=O)C1(C)CCCNC1. The van der Waals surface area contributed by atoms with E-state index in [4.69, 9.17) is 4.74 Å². The van der Waals surface area contributed by atoms with E-state index in [1.165, 1.54) is 6.42 Å². The van der Waals surface area contributed by atoms with Gasteiger partial charge in [0.15, 0.2) is 0 Å². The minimum absolute atomic E-state index is 0.221. The van der Waals surface area contributed by atoms with E-state index in [-0.39, 0.29) is 17.4 Å². The van der Waals surface area contributed by atoms with Gasteiger partial charge in [0.05, 0.1) is 11.5 Å². The standard InChI is InChI=1S/C14H26N2O2/c1-14(7-5-8-15-11-14)13(17)16(2)10-12-6-3-4-9-18-12/h12,15H,3-11H2,1-2H3. The summed E-state index contributed by atoms with van der Waals surface area (Å²) in [7, 11) is 1.92. The number of carbonyl (C=O) groups is 1. The number of amides is 1. The average Bonchev–Trinajstić information content (AvgIpc) is 2.40. The van der Waals surface area contributed by atoms with E-state index in [0.717, 1.165) is 51.9 Å². The lowest BCUT2D eigenvalue weighted by Gasteiger charge is -2.37. The van der Waals surface area contributed by atoms with Crippen molar-refractivity contribution in [2.45, 2.75) is 45.1 Å². The first-order valence-electron chi connectivity index (χ1n) is 7.20. The molecule has 0 aromatic carbocycles. The zero-order chi connectivity index (χ0) is 13.0. The molecule has 2 saturated heterocycles. The van der Waals surface area contributed by atoms with Crippen molar-refractivity contribution in [3.05, 3.63) is 0 Å². The molecule has 0 saturated carbocycles. The molecule has 1 N–H and O–H groups in total. The minimum Gasteiger partial charge on any atom is -0.376 e. The Bertz CT molecular complexity index is 282. The summed E-state index contributed by atoms with van der Waals surface area (Å²) in [5, 5.41) is 3.34. The monoisotopic (exact) mass is 254 g/mol. The van der Waals surface area contributed by atoms with Crippen LogP contribution in [0.1, 0.15) is 39.0 Å². The molecule has 104 valence electrons. The van der Waals surface area contributed by atoms with Crippen molar-refractivity contribution < 1.29 is 9.53 Å². The minimum atomic E-state index is -0.221. The molecule has 2 heterocycles. The second kappa shape index (κ2) is 6.02. The summed E-state index contributed by atoms with van der Waals surface area (Å²) in [5.74, 6) is 0.267. The molecule has 0 radical (unpaired) electrons. The van der Waals surface area contributed by atoms with E-state index in [0.29, 0.717) is 0 Å². The fraction of sp³-hybridized carbons (Fsp3) is 0.929. The molecule has 2 aliphatic heterocycles. The number of nitrogens with zero attached hydrogens (tertiary/aromatic N) is 1. The highest BCUT2D eigenvalue weighted by Crippen LogP contribution is 2.28. The maximum atomic E-state index is 12.5. The average molecular weight is 254 g/mol. The molecule has 0 aromatic rings. The summed E-state index contributed by atoms with van der Waals surface area (Å²) < 4.78 is 5.71. The van der Waals surface area contributed by atoms with E-state index in [1.54, 1.807) is 0 Å². The summed E-state index contributed by atoms with van der Waals surface area (Å²) in [6.07, 6.45) is 5.81. The first-order valence-corrected chi connectivity index (χ1v) is 7.20. The maximum Gasteiger partial charge on any atom is 0.229 e. The van der Waals surface area contributed by atoms with Crippen molar-refractivity contribution in [3.8, 4) is 0 Å². The number of nitrogens with one attached hydrogen (secondary N) is 1. The van der Waals surface area contributed by atoms with Crippen LogP contribution in [0.25, 0.3) is 0 Å². The number of carbonyl (C=O) groups excluding carboxylic acids is 1. The summed E-state index contributed by atoms with van der Waals surface area (Å²) in [6.45, 7) is 5.53. The van der Waals surface area contributed by atoms with E-state index in [1.807, 2.05) is 11.9 Å². The van der Waals surface area contributed by atoms with E-state index < -0.39 is 0 Å². The number of ether oxygens (including phenoxy) is 1. The first-order chi connectivity index (χ1) is 8.62. The lowest BCUT2D eigenvalue weighted by molar-refractivity contribution is -0.143. The van der Waals surface area contributed by atoms with Crippen molar-refractivity contribution in [2.75, 3.05) is 33.3 Å². The van der Waals surface area contributed by atoms with Crippen LogP contribution in [-0.2, 0) is 9.53 Å². The molecule has 0 aromatic heterocycles.